The zero-order valence-electron chi connectivity index (χ0n) is 11.2. The average Bonchev–Trinajstić information content (AvgIpc) is 2.87. The quantitative estimate of drug-likeness (QED) is 0.846. The monoisotopic (exact) mass is 278 g/mol. The molecule has 1 aromatic carbocycles. The van der Waals surface area contributed by atoms with E-state index in [4.69, 9.17) is 9.47 Å². The van der Waals surface area contributed by atoms with Crippen LogP contribution in [0.1, 0.15) is 17.6 Å². The van der Waals surface area contributed by atoms with Gasteiger partial charge >= 0.3 is 0 Å². The minimum absolute atomic E-state index is 0.494. The molecule has 0 spiro atoms. The summed E-state index contributed by atoms with van der Waals surface area (Å²) < 4.78 is 11.1. The van der Waals surface area contributed by atoms with E-state index >= 15 is 0 Å². The number of ether oxygens (including phenoxy) is 2. The van der Waals surface area contributed by atoms with Crippen molar-refractivity contribution in [2.45, 2.75) is 20.1 Å². The number of nitrogens with one attached hydrogen (secondary N) is 1. The smallest absolute Gasteiger partial charge is 0.131 e. The van der Waals surface area contributed by atoms with Gasteiger partial charge in [-0.15, -0.1) is 11.3 Å². The minimum atomic E-state index is 0.494. The molecule has 1 heterocycles. The van der Waals surface area contributed by atoms with Gasteiger partial charge in [-0.25, -0.2) is 4.98 Å². The summed E-state index contributed by atoms with van der Waals surface area (Å²) in [6, 6.07) is 7.64. The standard InChI is InChI=1S/C14H18N2O2S/c1-3-17-12-4-6-13(7-5-12)18-9-11-10-19-14(16-11)8-15-2/h4-7,10,15H,3,8-9H2,1-2H3. The molecule has 1 aromatic heterocycles. The average molecular weight is 278 g/mol. The molecule has 0 aliphatic heterocycles. The summed E-state index contributed by atoms with van der Waals surface area (Å²) in [5.74, 6) is 1.69. The van der Waals surface area contributed by atoms with Crippen LogP contribution in [-0.2, 0) is 13.2 Å². The van der Waals surface area contributed by atoms with Crippen LogP contribution in [0.2, 0.25) is 0 Å². The molecule has 5 heteroatoms. The van der Waals surface area contributed by atoms with E-state index in [2.05, 4.69) is 10.3 Å². The van der Waals surface area contributed by atoms with Crippen LogP contribution in [0, 0.1) is 0 Å². The third-order valence-corrected chi connectivity index (χ3v) is 3.35. The predicted octanol–water partition coefficient (Wildman–Crippen LogP) is 2.84. The van der Waals surface area contributed by atoms with Crippen LogP contribution in [-0.4, -0.2) is 18.6 Å². The summed E-state index contributed by atoms with van der Waals surface area (Å²) >= 11 is 1.64. The van der Waals surface area contributed by atoms with Crippen LogP contribution < -0.4 is 14.8 Å². The molecule has 0 aliphatic rings. The molecule has 0 saturated carbocycles. The van der Waals surface area contributed by atoms with Crippen molar-refractivity contribution in [2.75, 3.05) is 13.7 Å². The van der Waals surface area contributed by atoms with E-state index in [0.29, 0.717) is 13.2 Å². The number of aromatic nitrogens is 1. The topological polar surface area (TPSA) is 43.4 Å². The van der Waals surface area contributed by atoms with Gasteiger partial charge in [-0.3, -0.25) is 0 Å². The second-order valence-corrected chi connectivity index (χ2v) is 4.90. The summed E-state index contributed by atoms with van der Waals surface area (Å²) in [7, 11) is 1.91. The summed E-state index contributed by atoms with van der Waals surface area (Å²) in [6.07, 6.45) is 0. The van der Waals surface area contributed by atoms with Gasteiger partial charge in [0.05, 0.1) is 12.3 Å². The van der Waals surface area contributed by atoms with Crippen molar-refractivity contribution >= 4 is 11.3 Å². The Morgan fingerprint density at radius 2 is 1.84 bits per heavy atom. The second-order valence-electron chi connectivity index (χ2n) is 3.96. The number of nitrogens with zero attached hydrogens (tertiary/aromatic N) is 1. The fourth-order valence-corrected chi connectivity index (χ4v) is 2.39. The lowest BCUT2D eigenvalue weighted by molar-refractivity contribution is 0.300. The highest BCUT2D eigenvalue weighted by molar-refractivity contribution is 7.09. The Balaban J connectivity index is 1.86. The van der Waals surface area contributed by atoms with Crippen molar-refractivity contribution in [1.29, 1.82) is 0 Å². The molecule has 0 radical (unpaired) electrons. The van der Waals surface area contributed by atoms with Gasteiger partial charge in [0.25, 0.3) is 0 Å². The largest absolute Gasteiger partial charge is 0.494 e. The Morgan fingerprint density at radius 3 is 2.47 bits per heavy atom. The van der Waals surface area contributed by atoms with Gasteiger partial charge in [0, 0.05) is 11.9 Å². The lowest BCUT2D eigenvalue weighted by Crippen LogP contribution is -2.05. The Morgan fingerprint density at radius 1 is 1.16 bits per heavy atom. The van der Waals surface area contributed by atoms with Crippen molar-refractivity contribution < 1.29 is 9.47 Å². The lowest BCUT2D eigenvalue weighted by atomic mass is 10.3. The van der Waals surface area contributed by atoms with Crippen molar-refractivity contribution in [2.24, 2.45) is 0 Å². The highest BCUT2D eigenvalue weighted by Gasteiger charge is 2.02. The van der Waals surface area contributed by atoms with E-state index < -0.39 is 0 Å². The normalized spacial score (nSPS) is 10.4. The molecule has 1 N–H and O–H groups in total. The molecule has 0 amide bonds. The highest BCUT2D eigenvalue weighted by atomic mass is 32.1. The molecular formula is C14H18N2O2S. The summed E-state index contributed by atoms with van der Waals surface area (Å²) in [4.78, 5) is 4.47. The maximum Gasteiger partial charge on any atom is 0.131 e. The van der Waals surface area contributed by atoms with Gasteiger partial charge in [0.15, 0.2) is 0 Å². The molecule has 0 unspecified atom stereocenters. The molecule has 4 nitrogen and oxygen atoms in total. The van der Waals surface area contributed by atoms with E-state index in [1.54, 1.807) is 11.3 Å². The third-order valence-electron chi connectivity index (χ3n) is 2.45. The zero-order chi connectivity index (χ0) is 13.5. The molecule has 102 valence electrons. The van der Waals surface area contributed by atoms with Crippen molar-refractivity contribution in [1.82, 2.24) is 10.3 Å². The van der Waals surface area contributed by atoms with E-state index in [-0.39, 0.29) is 0 Å². The van der Waals surface area contributed by atoms with Crippen molar-refractivity contribution in [3.8, 4) is 11.5 Å². The number of hydrogen-bond donors (Lipinski definition) is 1. The number of thiazole rings is 1. The summed E-state index contributed by atoms with van der Waals surface area (Å²) in [6.45, 7) is 3.94. The molecule has 0 atom stereocenters. The Kier molecular flexibility index (Phi) is 5.18. The van der Waals surface area contributed by atoms with Gasteiger partial charge in [-0.1, -0.05) is 0 Å². The Hall–Kier alpha value is -1.59. The first-order valence-corrected chi connectivity index (χ1v) is 7.13. The molecule has 0 fully saturated rings. The number of rotatable bonds is 7. The summed E-state index contributed by atoms with van der Waals surface area (Å²) in [5.41, 5.74) is 0.962. The van der Waals surface area contributed by atoms with Crippen LogP contribution in [0.3, 0.4) is 0 Å². The number of hydrogen-bond acceptors (Lipinski definition) is 5. The zero-order valence-corrected chi connectivity index (χ0v) is 12.0. The predicted molar refractivity (Wildman–Crippen MR) is 76.8 cm³/mol. The highest BCUT2D eigenvalue weighted by Crippen LogP contribution is 2.19. The van der Waals surface area contributed by atoms with Crippen LogP contribution in [0.25, 0.3) is 0 Å². The molecule has 2 rings (SSSR count). The third kappa shape index (κ3) is 4.22. The second kappa shape index (κ2) is 7.11. The SMILES string of the molecule is CCOc1ccc(OCc2csc(CNC)n2)cc1. The maximum atomic E-state index is 5.68. The first kappa shape index (κ1) is 13.8. The maximum absolute atomic E-state index is 5.68. The van der Waals surface area contributed by atoms with E-state index in [1.165, 1.54) is 0 Å². The molecule has 2 aromatic rings. The molecule has 0 aliphatic carbocycles. The number of benzene rings is 1. The fraction of sp³-hybridized carbons (Fsp3) is 0.357. The van der Waals surface area contributed by atoms with Crippen LogP contribution in [0.15, 0.2) is 29.6 Å². The minimum Gasteiger partial charge on any atom is -0.494 e. The van der Waals surface area contributed by atoms with Crippen LogP contribution in [0.4, 0.5) is 0 Å². The van der Waals surface area contributed by atoms with Gasteiger partial charge in [0.2, 0.25) is 0 Å². The van der Waals surface area contributed by atoms with Gasteiger partial charge in [-0.05, 0) is 38.2 Å². The van der Waals surface area contributed by atoms with Crippen molar-refractivity contribution in [3.63, 3.8) is 0 Å². The first-order chi connectivity index (χ1) is 9.31. The van der Waals surface area contributed by atoms with Gasteiger partial charge in [0.1, 0.15) is 23.1 Å². The first-order valence-electron chi connectivity index (χ1n) is 6.25. The van der Waals surface area contributed by atoms with E-state index in [1.807, 2.05) is 43.6 Å². The molecule has 0 saturated heterocycles. The Labute approximate surface area is 117 Å². The summed E-state index contributed by atoms with van der Waals surface area (Å²) in [5, 5.41) is 6.19. The lowest BCUT2D eigenvalue weighted by Gasteiger charge is -2.06. The van der Waals surface area contributed by atoms with Crippen molar-refractivity contribution in [3.05, 3.63) is 40.3 Å². The van der Waals surface area contributed by atoms with Crippen LogP contribution >= 0.6 is 11.3 Å². The molecule has 0 bridgehead atoms. The molecule has 19 heavy (non-hydrogen) atoms. The van der Waals surface area contributed by atoms with Gasteiger partial charge in [-0.2, -0.15) is 0 Å². The Bertz CT molecular complexity index is 496. The van der Waals surface area contributed by atoms with E-state index in [0.717, 1.165) is 28.7 Å². The van der Waals surface area contributed by atoms with Gasteiger partial charge < -0.3 is 14.8 Å². The van der Waals surface area contributed by atoms with Crippen LogP contribution in [0.5, 0.6) is 11.5 Å². The van der Waals surface area contributed by atoms with E-state index in [9.17, 15) is 0 Å². The fourth-order valence-electron chi connectivity index (χ4n) is 1.60. The molecular weight excluding hydrogens is 260 g/mol.